The Labute approximate surface area is 178 Å². The molecular formula is C21H18FN5O3S. The molecule has 0 aliphatic carbocycles. The number of nitrogens with one attached hydrogen (secondary N) is 1. The van der Waals surface area contributed by atoms with Crippen molar-refractivity contribution in [3.05, 3.63) is 84.5 Å². The molecule has 1 N–H and O–H groups in total. The maximum atomic E-state index is 13.3. The van der Waals surface area contributed by atoms with Gasteiger partial charge in [-0.05, 0) is 61.9 Å². The normalized spacial score (nSPS) is 11.3. The summed E-state index contributed by atoms with van der Waals surface area (Å²) in [5, 5.41) is 0. The number of nitrogens with zero attached hydrogens (tertiary/aromatic N) is 4. The molecule has 0 unspecified atom stereocenters. The standard InChI is InChI=1S/C21H18FN5O3S/c1-14-11-16(22)3-8-19(14)31(28,29)26-17-4-6-18(7-5-17)30-21-12-20(24-15(2)25-21)27-10-9-23-13-27/h3-13,26H,1-2H3. The summed E-state index contributed by atoms with van der Waals surface area (Å²) in [6.45, 7) is 3.29. The van der Waals surface area contributed by atoms with Gasteiger partial charge >= 0.3 is 0 Å². The Bertz CT molecular complexity index is 1320. The van der Waals surface area contributed by atoms with Gasteiger partial charge in [-0.15, -0.1) is 0 Å². The van der Waals surface area contributed by atoms with Gasteiger partial charge in [0.2, 0.25) is 5.88 Å². The van der Waals surface area contributed by atoms with E-state index in [1.54, 1.807) is 60.5 Å². The van der Waals surface area contributed by atoms with Crippen LogP contribution >= 0.6 is 0 Å². The van der Waals surface area contributed by atoms with Crippen molar-refractivity contribution in [3.8, 4) is 17.4 Å². The van der Waals surface area contributed by atoms with Crippen LogP contribution in [0.5, 0.6) is 11.6 Å². The van der Waals surface area contributed by atoms with Crippen molar-refractivity contribution in [3.63, 3.8) is 0 Å². The second kappa shape index (κ2) is 8.15. The van der Waals surface area contributed by atoms with Crippen molar-refractivity contribution >= 4 is 15.7 Å². The van der Waals surface area contributed by atoms with E-state index in [-0.39, 0.29) is 4.90 Å². The monoisotopic (exact) mass is 439 g/mol. The van der Waals surface area contributed by atoms with E-state index in [9.17, 15) is 12.8 Å². The van der Waals surface area contributed by atoms with E-state index in [0.29, 0.717) is 34.5 Å². The van der Waals surface area contributed by atoms with Crippen LogP contribution in [0.3, 0.4) is 0 Å². The van der Waals surface area contributed by atoms with Gasteiger partial charge in [-0.2, -0.15) is 4.98 Å². The Kier molecular flexibility index (Phi) is 5.38. The summed E-state index contributed by atoms with van der Waals surface area (Å²) in [4.78, 5) is 12.6. The van der Waals surface area contributed by atoms with Crippen LogP contribution in [-0.4, -0.2) is 27.9 Å². The summed E-state index contributed by atoms with van der Waals surface area (Å²) >= 11 is 0. The van der Waals surface area contributed by atoms with Gasteiger partial charge in [-0.25, -0.2) is 22.8 Å². The van der Waals surface area contributed by atoms with Crippen LogP contribution in [0.1, 0.15) is 11.4 Å². The minimum Gasteiger partial charge on any atom is -0.439 e. The first-order chi connectivity index (χ1) is 14.8. The van der Waals surface area contributed by atoms with Crippen molar-refractivity contribution < 1.29 is 17.5 Å². The summed E-state index contributed by atoms with van der Waals surface area (Å²) in [5.74, 6) is 1.45. The zero-order valence-corrected chi connectivity index (χ0v) is 17.5. The number of imidazole rings is 1. The quantitative estimate of drug-likeness (QED) is 0.487. The molecule has 0 spiro atoms. The predicted octanol–water partition coefficient (Wildman–Crippen LogP) is 4.01. The summed E-state index contributed by atoms with van der Waals surface area (Å²) in [6, 6.07) is 11.6. The first kappa shape index (κ1) is 20.5. The lowest BCUT2D eigenvalue weighted by molar-refractivity contribution is 0.459. The largest absolute Gasteiger partial charge is 0.439 e. The number of aryl methyl sites for hydroxylation is 2. The lowest BCUT2D eigenvalue weighted by Crippen LogP contribution is -2.14. The van der Waals surface area contributed by atoms with E-state index in [4.69, 9.17) is 4.74 Å². The van der Waals surface area contributed by atoms with Crippen molar-refractivity contribution in [2.75, 3.05) is 4.72 Å². The number of rotatable bonds is 6. The number of halogens is 1. The maximum absolute atomic E-state index is 13.3. The minimum absolute atomic E-state index is 0.0118. The highest BCUT2D eigenvalue weighted by molar-refractivity contribution is 7.92. The van der Waals surface area contributed by atoms with Gasteiger partial charge in [0.05, 0.1) is 4.90 Å². The highest BCUT2D eigenvalue weighted by Crippen LogP contribution is 2.25. The van der Waals surface area contributed by atoms with Crippen LogP contribution in [0.2, 0.25) is 0 Å². The van der Waals surface area contributed by atoms with E-state index in [1.807, 2.05) is 0 Å². The molecule has 4 rings (SSSR count). The molecule has 0 saturated carbocycles. The molecule has 2 aromatic heterocycles. The van der Waals surface area contributed by atoms with Crippen LogP contribution in [-0.2, 0) is 10.0 Å². The third-order valence-electron chi connectivity index (χ3n) is 4.33. The molecule has 0 amide bonds. The lowest BCUT2D eigenvalue weighted by atomic mass is 10.2. The molecule has 0 fully saturated rings. The fraction of sp³-hybridized carbons (Fsp3) is 0.0952. The highest BCUT2D eigenvalue weighted by atomic mass is 32.2. The number of ether oxygens (including phenoxy) is 1. The Morgan fingerprint density at radius 2 is 1.81 bits per heavy atom. The number of hydrogen-bond donors (Lipinski definition) is 1. The molecule has 10 heteroatoms. The lowest BCUT2D eigenvalue weighted by Gasteiger charge is -2.11. The second-order valence-corrected chi connectivity index (χ2v) is 8.37. The smallest absolute Gasteiger partial charge is 0.262 e. The molecular weight excluding hydrogens is 421 g/mol. The minimum atomic E-state index is -3.86. The van der Waals surface area contributed by atoms with Gasteiger partial charge in [0.25, 0.3) is 10.0 Å². The molecule has 0 aliphatic heterocycles. The van der Waals surface area contributed by atoms with Gasteiger partial charge < -0.3 is 4.74 Å². The van der Waals surface area contributed by atoms with E-state index < -0.39 is 15.8 Å². The average molecular weight is 439 g/mol. The predicted molar refractivity (Wildman–Crippen MR) is 112 cm³/mol. The Morgan fingerprint density at radius 3 is 2.48 bits per heavy atom. The fourth-order valence-corrected chi connectivity index (χ4v) is 4.23. The van der Waals surface area contributed by atoms with Crippen molar-refractivity contribution in [1.82, 2.24) is 19.5 Å². The number of sulfonamides is 1. The van der Waals surface area contributed by atoms with E-state index in [0.717, 1.165) is 6.07 Å². The number of hydrogen-bond acceptors (Lipinski definition) is 6. The van der Waals surface area contributed by atoms with Crippen LogP contribution < -0.4 is 9.46 Å². The van der Waals surface area contributed by atoms with Crippen molar-refractivity contribution in [1.29, 1.82) is 0 Å². The van der Waals surface area contributed by atoms with Gasteiger partial charge in [0, 0.05) is 24.1 Å². The Hall–Kier alpha value is -3.79. The van der Waals surface area contributed by atoms with Crippen LogP contribution in [0.4, 0.5) is 10.1 Å². The number of anilines is 1. The second-order valence-electron chi connectivity index (χ2n) is 6.72. The van der Waals surface area contributed by atoms with Crippen LogP contribution in [0.25, 0.3) is 5.82 Å². The fourth-order valence-electron chi connectivity index (χ4n) is 2.94. The Balaban J connectivity index is 1.51. The van der Waals surface area contributed by atoms with Crippen molar-refractivity contribution in [2.45, 2.75) is 18.7 Å². The van der Waals surface area contributed by atoms with E-state index >= 15 is 0 Å². The SMILES string of the molecule is Cc1nc(Oc2ccc(NS(=O)(=O)c3ccc(F)cc3C)cc2)cc(-n2ccnc2)n1. The Morgan fingerprint density at radius 1 is 1.03 bits per heavy atom. The maximum Gasteiger partial charge on any atom is 0.262 e. The number of benzene rings is 2. The molecule has 2 aromatic carbocycles. The molecule has 2 heterocycles. The summed E-state index contributed by atoms with van der Waals surface area (Å²) in [5.41, 5.74) is 0.661. The summed E-state index contributed by atoms with van der Waals surface area (Å²) in [6.07, 6.45) is 5.02. The summed E-state index contributed by atoms with van der Waals surface area (Å²) < 4.78 is 48.5. The van der Waals surface area contributed by atoms with Gasteiger partial charge in [0.15, 0.2) is 0 Å². The van der Waals surface area contributed by atoms with Crippen LogP contribution in [0, 0.1) is 19.7 Å². The zero-order chi connectivity index (χ0) is 22.0. The molecule has 0 radical (unpaired) electrons. The van der Waals surface area contributed by atoms with Gasteiger partial charge in [-0.1, -0.05) is 0 Å². The molecule has 0 saturated heterocycles. The third-order valence-corrected chi connectivity index (χ3v) is 5.87. The first-order valence-corrected chi connectivity index (χ1v) is 10.7. The molecule has 0 atom stereocenters. The van der Waals surface area contributed by atoms with Crippen molar-refractivity contribution in [2.24, 2.45) is 0 Å². The average Bonchev–Trinajstić information content (AvgIpc) is 3.23. The van der Waals surface area contributed by atoms with E-state index in [2.05, 4.69) is 19.7 Å². The molecule has 8 nitrogen and oxygen atoms in total. The topological polar surface area (TPSA) is 99.0 Å². The molecule has 4 aromatic rings. The van der Waals surface area contributed by atoms with Crippen LogP contribution in [0.15, 0.2) is 72.1 Å². The zero-order valence-electron chi connectivity index (χ0n) is 16.7. The van der Waals surface area contributed by atoms with E-state index in [1.165, 1.54) is 19.1 Å². The molecule has 0 aliphatic rings. The molecule has 31 heavy (non-hydrogen) atoms. The van der Waals surface area contributed by atoms with Gasteiger partial charge in [0.1, 0.15) is 29.5 Å². The highest BCUT2D eigenvalue weighted by Gasteiger charge is 2.17. The molecule has 158 valence electrons. The third kappa shape index (κ3) is 4.69. The first-order valence-electron chi connectivity index (χ1n) is 9.21. The molecule has 0 bridgehead atoms. The van der Waals surface area contributed by atoms with Gasteiger partial charge in [-0.3, -0.25) is 9.29 Å². The number of aromatic nitrogens is 4. The summed E-state index contributed by atoms with van der Waals surface area (Å²) in [7, 11) is -3.86.